The number of aliphatic carboxylic acids is 1. The molecule has 0 amide bonds. The zero-order valence-corrected chi connectivity index (χ0v) is 10.0. The van der Waals surface area contributed by atoms with Crippen LogP contribution in [-0.2, 0) is 15.2 Å². The van der Waals surface area contributed by atoms with Crippen LogP contribution in [-0.4, -0.2) is 31.2 Å². The van der Waals surface area contributed by atoms with Gasteiger partial charge in [-0.2, -0.15) is 8.42 Å². The van der Waals surface area contributed by atoms with Gasteiger partial charge in [0, 0.05) is 6.08 Å². The van der Waals surface area contributed by atoms with Crippen molar-refractivity contribution in [2.45, 2.75) is 0 Å². The zero-order chi connectivity index (χ0) is 13.8. The molecular formula is C10H10O7S. The Bertz CT molecular complexity index is 574. The first-order valence-electron chi connectivity index (χ1n) is 4.58. The van der Waals surface area contributed by atoms with Gasteiger partial charge in [0.1, 0.15) is 0 Å². The lowest BCUT2D eigenvalue weighted by molar-refractivity contribution is -0.131. The van der Waals surface area contributed by atoms with Crippen molar-refractivity contribution >= 4 is 22.4 Å². The maximum Gasteiger partial charge on any atom is 0.446 e. The third-order valence-electron chi connectivity index (χ3n) is 1.80. The van der Waals surface area contributed by atoms with Crippen LogP contribution in [0, 0.1) is 0 Å². The first-order chi connectivity index (χ1) is 8.31. The number of hydrogen-bond acceptors (Lipinski definition) is 5. The number of carboxylic acids is 1. The van der Waals surface area contributed by atoms with Crippen LogP contribution in [0.5, 0.6) is 11.5 Å². The average Bonchev–Trinajstić information content (AvgIpc) is 2.24. The minimum absolute atomic E-state index is 0.0834. The van der Waals surface area contributed by atoms with E-state index >= 15 is 0 Å². The second kappa shape index (κ2) is 5.52. The molecule has 7 nitrogen and oxygen atoms in total. The van der Waals surface area contributed by atoms with Crippen molar-refractivity contribution in [3.8, 4) is 11.5 Å². The highest BCUT2D eigenvalue weighted by Crippen LogP contribution is 2.29. The Morgan fingerprint density at radius 3 is 2.50 bits per heavy atom. The quantitative estimate of drug-likeness (QED) is 0.608. The third kappa shape index (κ3) is 4.44. The van der Waals surface area contributed by atoms with Gasteiger partial charge in [-0.25, -0.2) is 4.79 Å². The predicted molar refractivity (Wildman–Crippen MR) is 61.8 cm³/mol. The maximum absolute atomic E-state index is 10.6. The summed E-state index contributed by atoms with van der Waals surface area (Å²) in [4.78, 5) is 10.3. The van der Waals surface area contributed by atoms with Crippen molar-refractivity contribution in [1.29, 1.82) is 0 Å². The molecule has 0 aliphatic rings. The standard InChI is InChI=1S/C10H10O7S/c1-16-8-4-2-7(3-5-10(11)12)6-9(8)17-18(13,14)15/h2-6H,1H3,(H,11,12)(H,13,14,15). The molecule has 18 heavy (non-hydrogen) atoms. The normalized spacial score (nSPS) is 11.4. The fourth-order valence-corrected chi connectivity index (χ4v) is 1.50. The molecule has 0 unspecified atom stereocenters. The Balaban J connectivity index is 3.13. The molecule has 1 rings (SSSR count). The summed E-state index contributed by atoms with van der Waals surface area (Å²) in [6.45, 7) is 0. The SMILES string of the molecule is COc1ccc(C=CC(=O)O)cc1OS(=O)(=O)O. The van der Waals surface area contributed by atoms with Crippen molar-refractivity contribution < 1.29 is 31.8 Å². The van der Waals surface area contributed by atoms with Gasteiger partial charge in [0.15, 0.2) is 11.5 Å². The fraction of sp³-hybridized carbons (Fsp3) is 0.100. The van der Waals surface area contributed by atoms with E-state index in [0.717, 1.165) is 6.08 Å². The van der Waals surface area contributed by atoms with Crippen LogP contribution in [0.3, 0.4) is 0 Å². The van der Waals surface area contributed by atoms with E-state index in [1.807, 2.05) is 0 Å². The molecule has 0 atom stereocenters. The van der Waals surface area contributed by atoms with Crippen LogP contribution in [0.25, 0.3) is 6.08 Å². The van der Waals surface area contributed by atoms with E-state index in [4.69, 9.17) is 14.4 Å². The summed E-state index contributed by atoms with van der Waals surface area (Å²) in [6.07, 6.45) is 2.11. The van der Waals surface area contributed by atoms with Crippen LogP contribution in [0.4, 0.5) is 0 Å². The average molecular weight is 274 g/mol. The molecule has 1 aromatic rings. The topological polar surface area (TPSA) is 110 Å². The van der Waals surface area contributed by atoms with Crippen molar-refractivity contribution in [1.82, 2.24) is 0 Å². The van der Waals surface area contributed by atoms with Gasteiger partial charge in [-0.3, -0.25) is 4.55 Å². The fourth-order valence-electron chi connectivity index (χ4n) is 1.14. The number of benzene rings is 1. The molecule has 0 heterocycles. The monoisotopic (exact) mass is 274 g/mol. The molecule has 0 radical (unpaired) electrons. The molecule has 0 bridgehead atoms. The lowest BCUT2D eigenvalue weighted by atomic mass is 10.2. The van der Waals surface area contributed by atoms with Gasteiger partial charge in [-0.1, -0.05) is 6.07 Å². The highest BCUT2D eigenvalue weighted by molar-refractivity contribution is 7.81. The molecule has 8 heteroatoms. The van der Waals surface area contributed by atoms with Gasteiger partial charge >= 0.3 is 16.4 Å². The van der Waals surface area contributed by atoms with Gasteiger partial charge < -0.3 is 14.0 Å². The van der Waals surface area contributed by atoms with E-state index in [0.29, 0.717) is 5.56 Å². The predicted octanol–water partition coefficient (Wildman–Crippen LogP) is 0.975. The Hall–Kier alpha value is -2.06. The molecule has 98 valence electrons. The molecule has 2 N–H and O–H groups in total. The van der Waals surface area contributed by atoms with E-state index in [2.05, 4.69) is 4.18 Å². The van der Waals surface area contributed by atoms with Gasteiger partial charge in [-0.15, -0.1) is 0 Å². The smallest absolute Gasteiger partial charge is 0.446 e. The number of ether oxygens (including phenoxy) is 1. The summed E-state index contributed by atoms with van der Waals surface area (Å²) in [5, 5.41) is 8.45. The third-order valence-corrected chi connectivity index (χ3v) is 2.19. The Kier molecular flexibility index (Phi) is 4.29. The van der Waals surface area contributed by atoms with E-state index in [9.17, 15) is 13.2 Å². The first-order valence-corrected chi connectivity index (χ1v) is 5.94. The first kappa shape index (κ1) is 14.0. The Morgan fingerprint density at radius 1 is 1.33 bits per heavy atom. The summed E-state index contributed by atoms with van der Waals surface area (Å²) in [5.41, 5.74) is 0.372. The summed E-state index contributed by atoms with van der Waals surface area (Å²) >= 11 is 0. The Morgan fingerprint density at radius 2 is 2.00 bits per heavy atom. The minimum atomic E-state index is -4.68. The van der Waals surface area contributed by atoms with Crippen LogP contribution in [0.15, 0.2) is 24.3 Å². The molecule has 0 spiro atoms. The molecule has 0 aromatic heterocycles. The molecule has 0 saturated heterocycles. The number of rotatable bonds is 5. The summed E-state index contributed by atoms with van der Waals surface area (Å²) < 4.78 is 38.9. The zero-order valence-electron chi connectivity index (χ0n) is 9.23. The molecule has 0 saturated carbocycles. The molecule has 0 aliphatic carbocycles. The lowest BCUT2D eigenvalue weighted by Gasteiger charge is -2.08. The van der Waals surface area contributed by atoms with E-state index in [1.165, 1.54) is 31.4 Å². The minimum Gasteiger partial charge on any atom is -0.493 e. The molecular weight excluding hydrogens is 264 g/mol. The lowest BCUT2D eigenvalue weighted by Crippen LogP contribution is -2.07. The summed E-state index contributed by atoms with van der Waals surface area (Å²) in [7, 11) is -3.39. The van der Waals surface area contributed by atoms with E-state index < -0.39 is 16.4 Å². The van der Waals surface area contributed by atoms with Crippen molar-refractivity contribution in [3.05, 3.63) is 29.8 Å². The van der Waals surface area contributed by atoms with Crippen LogP contribution >= 0.6 is 0 Å². The van der Waals surface area contributed by atoms with Crippen LogP contribution in [0.1, 0.15) is 5.56 Å². The molecule has 0 fully saturated rings. The van der Waals surface area contributed by atoms with Gasteiger partial charge in [0.05, 0.1) is 7.11 Å². The van der Waals surface area contributed by atoms with Crippen molar-refractivity contribution in [3.63, 3.8) is 0 Å². The number of methoxy groups -OCH3 is 1. The highest BCUT2D eigenvalue weighted by Gasteiger charge is 2.12. The Labute approximate surface area is 103 Å². The van der Waals surface area contributed by atoms with Gasteiger partial charge in [0.25, 0.3) is 0 Å². The second-order valence-electron chi connectivity index (χ2n) is 3.09. The largest absolute Gasteiger partial charge is 0.493 e. The molecule has 1 aromatic carbocycles. The van der Waals surface area contributed by atoms with Crippen LogP contribution in [0.2, 0.25) is 0 Å². The highest BCUT2D eigenvalue weighted by atomic mass is 32.3. The van der Waals surface area contributed by atoms with E-state index in [-0.39, 0.29) is 11.5 Å². The van der Waals surface area contributed by atoms with E-state index in [1.54, 1.807) is 0 Å². The summed E-state index contributed by atoms with van der Waals surface area (Å²) in [5.74, 6) is -1.31. The molecule has 0 aliphatic heterocycles. The number of carboxylic acid groups (broad SMARTS) is 1. The van der Waals surface area contributed by atoms with Gasteiger partial charge in [-0.05, 0) is 23.8 Å². The second-order valence-corrected chi connectivity index (χ2v) is 4.12. The summed E-state index contributed by atoms with van der Waals surface area (Å²) in [6, 6.07) is 4.09. The van der Waals surface area contributed by atoms with Crippen LogP contribution < -0.4 is 8.92 Å². The number of carbonyl (C=O) groups is 1. The van der Waals surface area contributed by atoms with Gasteiger partial charge in [0.2, 0.25) is 0 Å². The number of hydrogen-bond donors (Lipinski definition) is 2. The van der Waals surface area contributed by atoms with Crippen molar-refractivity contribution in [2.75, 3.05) is 7.11 Å². The van der Waals surface area contributed by atoms with Crippen molar-refractivity contribution in [2.24, 2.45) is 0 Å². The maximum atomic E-state index is 10.6.